The zero-order valence-electron chi connectivity index (χ0n) is 14.5. The van der Waals surface area contributed by atoms with E-state index in [1.54, 1.807) is 0 Å². The SMILES string of the molecule is Cc1cccc(OC(C)CN=C(N)Cc2ccc(C)c(C)c2)c1. The molecule has 0 amide bonds. The number of ether oxygens (including phenoxy) is 1. The standard InChI is InChI=1S/C20H26N2O/c1-14-6-5-7-19(10-14)23-17(4)13-22-20(21)12-18-9-8-15(2)16(3)11-18/h5-11,17H,12-13H2,1-4H3,(H2,21,22). The van der Waals surface area contributed by atoms with Gasteiger partial charge in [-0.2, -0.15) is 0 Å². The maximum Gasteiger partial charge on any atom is 0.120 e. The first-order chi connectivity index (χ1) is 10.9. The van der Waals surface area contributed by atoms with Crippen LogP contribution in [0.4, 0.5) is 0 Å². The second kappa shape index (κ2) is 7.82. The molecule has 0 aromatic heterocycles. The number of aryl methyl sites for hydroxylation is 3. The fourth-order valence-corrected chi connectivity index (χ4v) is 2.38. The Bertz CT molecular complexity index is 692. The predicted octanol–water partition coefficient (Wildman–Crippen LogP) is 3.98. The van der Waals surface area contributed by atoms with Crippen molar-refractivity contribution in [2.45, 2.75) is 40.2 Å². The van der Waals surface area contributed by atoms with Crippen LogP contribution in [0.5, 0.6) is 5.75 Å². The molecule has 0 bridgehead atoms. The van der Waals surface area contributed by atoms with E-state index >= 15 is 0 Å². The molecule has 3 nitrogen and oxygen atoms in total. The van der Waals surface area contributed by atoms with Gasteiger partial charge in [0.15, 0.2) is 0 Å². The lowest BCUT2D eigenvalue weighted by molar-refractivity contribution is 0.230. The van der Waals surface area contributed by atoms with Gasteiger partial charge in [-0.05, 0) is 62.1 Å². The van der Waals surface area contributed by atoms with Crippen molar-refractivity contribution in [3.63, 3.8) is 0 Å². The Hall–Kier alpha value is -2.29. The van der Waals surface area contributed by atoms with Crippen molar-refractivity contribution in [2.24, 2.45) is 10.7 Å². The van der Waals surface area contributed by atoms with E-state index in [1.807, 2.05) is 25.1 Å². The normalized spacial score (nSPS) is 13.0. The molecule has 2 N–H and O–H groups in total. The van der Waals surface area contributed by atoms with Crippen LogP contribution in [0, 0.1) is 20.8 Å². The van der Waals surface area contributed by atoms with E-state index in [-0.39, 0.29) is 6.10 Å². The van der Waals surface area contributed by atoms with Gasteiger partial charge in [0.2, 0.25) is 0 Å². The predicted molar refractivity (Wildman–Crippen MR) is 97.4 cm³/mol. The minimum atomic E-state index is -0.00453. The summed E-state index contributed by atoms with van der Waals surface area (Å²) in [5, 5.41) is 0. The average molecular weight is 310 g/mol. The minimum absolute atomic E-state index is 0.00453. The van der Waals surface area contributed by atoms with E-state index < -0.39 is 0 Å². The fourth-order valence-electron chi connectivity index (χ4n) is 2.38. The van der Waals surface area contributed by atoms with Crippen molar-refractivity contribution >= 4 is 5.84 Å². The first-order valence-corrected chi connectivity index (χ1v) is 8.02. The van der Waals surface area contributed by atoms with E-state index in [9.17, 15) is 0 Å². The number of hydrogen-bond donors (Lipinski definition) is 1. The minimum Gasteiger partial charge on any atom is -0.489 e. The van der Waals surface area contributed by atoms with Crippen LogP contribution < -0.4 is 10.5 Å². The molecule has 0 spiro atoms. The fraction of sp³-hybridized carbons (Fsp3) is 0.350. The van der Waals surface area contributed by atoms with Crippen molar-refractivity contribution in [3.05, 3.63) is 64.7 Å². The monoisotopic (exact) mass is 310 g/mol. The van der Waals surface area contributed by atoms with Crippen molar-refractivity contribution in [1.29, 1.82) is 0 Å². The van der Waals surface area contributed by atoms with Crippen molar-refractivity contribution in [2.75, 3.05) is 6.54 Å². The third-order valence-electron chi connectivity index (χ3n) is 3.83. The molecule has 1 unspecified atom stereocenters. The maximum atomic E-state index is 6.05. The summed E-state index contributed by atoms with van der Waals surface area (Å²) in [7, 11) is 0. The number of rotatable bonds is 6. The number of nitrogens with zero attached hydrogens (tertiary/aromatic N) is 1. The Balaban J connectivity index is 1.89. The van der Waals surface area contributed by atoms with Crippen molar-refractivity contribution in [1.82, 2.24) is 0 Å². The molecule has 0 aliphatic carbocycles. The second-order valence-electron chi connectivity index (χ2n) is 6.17. The Kier molecular flexibility index (Phi) is 5.80. The highest BCUT2D eigenvalue weighted by molar-refractivity contribution is 5.82. The summed E-state index contributed by atoms with van der Waals surface area (Å²) >= 11 is 0. The molecule has 0 saturated heterocycles. The molecule has 122 valence electrons. The van der Waals surface area contributed by atoms with Gasteiger partial charge < -0.3 is 10.5 Å². The zero-order chi connectivity index (χ0) is 16.8. The Morgan fingerprint density at radius 3 is 2.57 bits per heavy atom. The summed E-state index contributed by atoms with van der Waals surface area (Å²) in [5.41, 5.74) is 11.0. The highest BCUT2D eigenvalue weighted by atomic mass is 16.5. The van der Waals surface area contributed by atoms with E-state index in [4.69, 9.17) is 10.5 Å². The molecule has 0 fully saturated rings. The lowest BCUT2D eigenvalue weighted by atomic mass is 10.0. The first-order valence-electron chi connectivity index (χ1n) is 8.02. The quantitative estimate of drug-likeness (QED) is 0.648. The summed E-state index contributed by atoms with van der Waals surface area (Å²) in [6, 6.07) is 14.4. The smallest absolute Gasteiger partial charge is 0.120 e. The third-order valence-corrected chi connectivity index (χ3v) is 3.83. The van der Waals surface area contributed by atoms with Crippen LogP contribution in [0.1, 0.15) is 29.2 Å². The summed E-state index contributed by atoms with van der Waals surface area (Å²) < 4.78 is 5.87. The van der Waals surface area contributed by atoms with Crippen LogP contribution >= 0.6 is 0 Å². The Morgan fingerprint density at radius 2 is 1.87 bits per heavy atom. The zero-order valence-corrected chi connectivity index (χ0v) is 14.5. The maximum absolute atomic E-state index is 6.05. The van der Waals surface area contributed by atoms with Gasteiger partial charge in [0, 0.05) is 6.42 Å². The lowest BCUT2D eigenvalue weighted by Crippen LogP contribution is -2.21. The molecule has 23 heavy (non-hydrogen) atoms. The Labute approximate surface area is 139 Å². The molecule has 2 aromatic rings. The molecule has 1 atom stereocenters. The van der Waals surface area contributed by atoms with Gasteiger partial charge in [-0.25, -0.2) is 0 Å². The van der Waals surface area contributed by atoms with Gasteiger partial charge in [0.1, 0.15) is 11.9 Å². The molecular formula is C20H26N2O. The van der Waals surface area contributed by atoms with E-state index in [1.165, 1.54) is 22.3 Å². The van der Waals surface area contributed by atoms with Crippen LogP contribution in [-0.4, -0.2) is 18.5 Å². The van der Waals surface area contributed by atoms with Gasteiger partial charge in [-0.15, -0.1) is 0 Å². The van der Waals surface area contributed by atoms with Gasteiger partial charge in [0.25, 0.3) is 0 Å². The summed E-state index contributed by atoms with van der Waals surface area (Å²) in [6.45, 7) is 8.85. The summed E-state index contributed by atoms with van der Waals surface area (Å²) in [6.07, 6.45) is 0.674. The number of amidine groups is 1. The van der Waals surface area contributed by atoms with Crippen molar-refractivity contribution in [3.8, 4) is 5.75 Å². The molecular weight excluding hydrogens is 284 g/mol. The molecule has 0 radical (unpaired) electrons. The van der Waals surface area contributed by atoms with Gasteiger partial charge in [0.05, 0.1) is 12.4 Å². The molecule has 2 rings (SSSR count). The molecule has 0 heterocycles. The molecule has 0 saturated carbocycles. The number of benzene rings is 2. The first kappa shape index (κ1) is 17.1. The van der Waals surface area contributed by atoms with Crippen LogP contribution in [0.15, 0.2) is 47.5 Å². The highest BCUT2D eigenvalue weighted by Gasteiger charge is 2.05. The number of aliphatic imine (C=N–C) groups is 1. The highest BCUT2D eigenvalue weighted by Crippen LogP contribution is 2.14. The van der Waals surface area contributed by atoms with Crippen LogP contribution in [-0.2, 0) is 6.42 Å². The van der Waals surface area contributed by atoms with Crippen LogP contribution in [0.3, 0.4) is 0 Å². The number of hydrogen-bond acceptors (Lipinski definition) is 2. The van der Waals surface area contributed by atoms with Gasteiger partial charge in [-0.1, -0.05) is 30.3 Å². The van der Waals surface area contributed by atoms with Crippen LogP contribution in [0.25, 0.3) is 0 Å². The van der Waals surface area contributed by atoms with E-state index in [0.29, 0.717) is 18.8 Å². The van der Waals surface area contributed by atoms with E-state index in [0.717, 1.165) is 5.75 Å². The van der Waals surface area contributed by atoms with Crippen molar-refractivity contribution < 1.29 is 4.74 Å². The molecule has 0 aliphatic heterocycles. The van der Waals surface area contributed by atoms with E-state index in [2.05, 4.69) is 50.0 Å². The topological polar surface area (TPSA) is 47.6 Å². The second-order valence-corrected chi connectivity index (χ2v) is 6.17. The Morgan fingerprint density at radius 1 is 1.09 bits per heavy atom. The number of nitrogens with two attached hydrogens (primary N) is 1. The molecule has 2 aromatic carbocycles. The average Bonchev–Trinajstić information content (AvgIpc) is 2.49. The molecule has 0 aliphatic rings. The molecule has 3 heteroatoms. The van der Waals surface area contributed by atoms with Gasteiger partial charge >= 0.3 is 0 Å². The van der Waals surface area contributed by atoms with Gasteiger partial charge in [-0.3, -0.25) is 4.99 Å². The largest absolute Gasteiger partial charge is 0.489 e. The summed E-state index contributed by atoms with van der Waals surface area (Å²) in [4.78, 5) is 4.46. The summed E-state index contributed by atoms with van der Waals surface area (Å²) in [5.74, 6) is 1.52. The lowest BCUT2D eigenvalue weighted by Gasteiger charge is -2.13. The van der Waals surface area contributed by atoms with Crippen LogP contribution in [0.2, 0.25) is 0 Å². The third kappa shape index (κ3) is 5.44.